The second-order valence-corrected chi connectivity index (χ2v) is 34.9. The van der Waals surface area contributed by atoms with Crippen LogP contribution in [-0.2, 0) is 32.1 Å². The van der Waals surface area contributed by atoms with Gasteiger partial charge in [-0.15, -0.1) is 34.0 Å². The fourth-order valence-corrected chi connectivity index (χ4v) is 19.0. The van der Waals surface area contributed by atoms with Crippen molar-refractivity contribution in [2.75, 3.05) is 29.2 Å². The molecule has 3 aliphatic carbocycles. The Bertz CT molecular complexity index is 5110. The van der Waals surface area contributed by atoms with Crippen molar-refractivity contribution in [3.63, 3.8) is 0 Å². The molecule has 594 valence electrons. The normalized spacial score (nSPS) is 17.5. The third-order valence-electron chi connectivity index (χ3n) is 22.6. The van der Waals surface area contributed by atoms with Crippen LogP contribution >= 0.6 is 34.0 Å². The zero-order chi connectivity index (χ0) is 79.7. The van der Waals surface area contributed by atoms with Crippen LogP contribution in [0.25, 0.3) is 31.7 Å². The number of aromatic nitrogens is 6. The van der Waals surface area contributed by atoms with Crippen molar-refractivity contribution in [1.29, 1.82) is 0 Å². The Kier molecular flexibility index (Phi) is 30.3. The van der Waals surface area contributed by atoms with Crippen molar-refractivity contribution >= 4 is 86.3 Å². The van der Waals surface area contributed by atoms with Gasteiger partial charge in [0.1, 0.15) is 0 Å². The summed E-state index contributed by atoms with van der Waals surface area (Å²) in [7, 11) is 0. The molecule has 18 heteroatoms. The van der Waals surface area contributed by atoms with E-state index in [0.717, 1.165) is 134 Å². The first-order chi connectivity index (χ1) is 56.1. The lowest BCUT2D eigenvalue weighted by molar-refractivity contribution is 0.0973. The number of benzene rings is 6. The van der Waals surface area contributed by atoms with Gasteiger partial charge in [-0.3, -0.25) is 14.4 Å². The van der Waals surface area contributed by atoms with E-state index >= 15 is 0 Å². The second-order valence-electron chi connectivity index (χ2n) is 31.6. The smallest absolute Gasteiger partial charge is 0.227 e. The van der Waals surface area contributed by atoms with Gasteiger partial charge in [0.2, 0.25) is 17.8 Å². The Morgan fingerprint density at radius 3 is 1.11 bits per heavy atom. The number of rotatable bonds is 31. The molecule has 3 aliphatic rings. The molecule has 115 heavy (non-hydrogen) atoms. The lowest BCUT2D eigenvalue weighted by Gasteiger charge is -2.28. The van der Waals surface area contributed by atoms with Crippen molar-refractivity contribution < 1.29 is 29.7 Å². The summed E-state index contributed by atoms with van der Waals surface area (Å²) in [5.41, 5.74) is 15.3. The van der Waals surface area contributed by atoms with Gasteiger partial charge in [-0.2, -0.15) is 0 Å². The average molecular weight is 1590 g/mol. The van der Waals surface area contributed by atoms with Gasteiger partial charge in [0.15, 0.2) is 17.3 Å². The van der Waals surface area contributed by atoms with E-state index in [0.29, 0.717) is 79.9 Å². The quantitative estimate of drug-likeness (QED) is 0.0222. The number of ketones is 3. The van der Waals surface area contributed by atoms with E-state index in [-0.39, 0.29) is 29.4 Å². The van der Waals surface area contributed by atoms with Gasteiger partial charge in [0.25, 0.3) is 0 Å². The molecular weight excluding hydrogens is 1480 g/mol. The zero-order valence-corrected chi connectivity index (χ0v) is 68.8. The molecule has 0 unspecified atom stereocenters. The zero-order valence-electron chi connectivity index (χ0n) is 66.3. The number of aryl methyl sites for hydroxylation is 4. The molecule has 0 amide bonds. The minimum atomic E-state index is -0.121. The molecule has 6 aromatic carbocycles. The fourth-order valence-electron chi connectivity index (χ4n) is 16.2. The molecule has 1 atom stereocenters. The highest BCUT2D eigenvalue weighted by Gasteiger charge is 2.25. The topological polar surface area (TPSA) is 225 Å². The van der Waals surface area contributed by atoms with E-state index in [4.69, 9.17) is 15.0 Å². The van der Waals surface area contributed by atoms with E-state index < -0.39 is 0 Å². The number of carbonyl (C=O) groups excluding carboxylic acids is 3. The molecule has 0 radical (unpaired) electrons. The standard InChI is InChI=1S/2C33H37N3O2S.C31H33N3O2S/c1-23-4-2-5-25(20-23)12-13-30(38)32-15-14-31(39-32)29-16-18-34-33(36-29)35-28-7-3-6-27(22-28)21-26-10-8-24(9-11-26)17-19-37;1-23(27-7-3-2-4-8-27)20-30(38)32-15-14-31(39-32)29-16-18-34-33(36-29)35-28-9-5-6-26(22-28)21-25-12-10-24(11-13-25)17-19-37;1-21-4-2-5-22(18-21)10-13-28(36)30-15-14-29(37-30)27-16-17-32-31(34-27)33-25-7-3-6-24(20-25)19-23-8-11-26(35)12-9-23/h2-7,14-16,18,20,22,24,26,37H,8-13,17,19,21H2,1H3,(H,34,35,36);2-9,14-16,18,22-25,37H,10-13,17,19-21H2,1H3,(H,34,35,36);2-7,14-18,20,23,26,35H,8-13,19H2,1H3,(H,32,33,34)/t;23-,24?,25?;/m.0./s1. The van der Waals surface area contributed by atoms with E-state index in [1.807, 2.05) is 103 Å². The van der Waals surface area contributed by atoms with Gasteiger partial charge in [0.05, 0.1) is 52.4 Å². The number of nitrogens with one attached hydrogen (secondary N) is 3. The van der Waals surface area contributed by atoms with Crippen LogP contribution in [-0.4, -0.2) is 81.9 Å². The van der Waals surface area contributed by atoms with Gasteiger partial charge in [-0.05, 0) is 270 Å². The third kappa shape index (κ3) is 25.2. The lowest BCUT2D eigenvalue weighted by atomic mass is 9.78. The van der Waals surface area contributed by atoms with Gasteiger partial charge >= 0.3 is 0 Å². The number of thiophene rings is 3. The molecule has 0 saturated heterocycles. The van der Waals surface area contributed by atoms with Crippen molar-refractivity contribution in [3.8, 4) is 31.7 Å². The van der Waals surface area contributed by atoms with Crippen LogP contribution in [0.2, 0.25) is 0 Å². The molecule has 12 aromatic rings. The van der Waals surface area contributed by atoms with Crippen molar-refractivity contribution in [2.45, 2.75) is 174 Å². The molecule has 0 bridgehead atoms. The first-order valence-electron chi connectivity index (χ1n) is 41.2. The van der Waals surface area contributed by atoms with Gasteiger partial charge in [-0.25, -0.2) is 29.9 Å². The molecule has 3 saturated carbocycles. The summed E-state index contributed by atoms with van der Waals surface area (Å²) < 4.78 is 0. The highest BCUT2D eigenvalue weighted by molar-refractivity contribution is 7.18. The number of hydrogen-bond acceptors (Lipinski definition) is 18. The monoisotopic (exact) mass is 1590 g/mol. The van der Waals surface area contributed by atoms with E-state index in [1.54, 1.807) is 18.6 Å². The summed E-state index contributed by atoms with van der Waals surface area (Å²) in [4.78, 5) is 71.3. The van der Waals surface area contributed by atoms with Crippen molar-refractivity contribution in [1.82, 2.24) is 29.9 Å². The number of aliphatic hydroxyl groups is 3. The molecular formula is C97H107N9O6S3. The molecule has 0 aliphatic heterocycles. The first kappa shape index (κ1) is 82.9. The van der Waals surface area contributed by atoms with Gasteiger partial charge in [0, 0.05) is 68.1 Å². The number of carbonyl (C=O) groups is 3. The highest BCUT2D eigenvalue weighted by atomic mass is 32.1. The SMILES string of the molecule is C[C@@H](CC(=O)c1ccc(-c2ccnc(Nc3cccc(CC4CCC(CCO)CC4)c3)n2)s1)c1ccccc1.Cc1cccc(CCC(=O)c2ccc(-c3ccnc(Nc4cccc(CC5CCC(CCO)CC5)c4)n3)s2)c1.Cc1cccc(CCC(=O)c2ccc(-c3ccnc(Nc4cccc(CC5CCC(O)CC5)c4)n3)s2)c1. The highest BCUT2D eigenvalue weighted by Crippen LogP contribution is 2.38. The Labute approximate surface area is 689 Å². The molecule has 6 aromatic heterocycles. The number of Topliss-reactive ketones (excluding diaryl/α,β-unsaturated/α-hetero) is 3. The number of aliphatic hydroxyl groups excluding tert-OH is 3. The summed E-state index contributed by atoms with van der Waals surface area (Å²) >= 11 is 4.46. The molecule has 15 rings (SSSR count). The summed E-state index contributed by atoms with van der Waals surface area (Å²) in [5.74, 6) is 5.74. The molecule has 6 N–H and O–H groups in total. The average Bonchev–Trinajstić information content (AvgIpc) is 1.80. The third-order valence-corrected chi connectivity index (χ3v) is 26.1. The molecule has 6 heterocycles. The van der Waals surface area contributed by atoms with Crippen LogP contribution in [0.3, 0.4) is 0 Å². The lowest BCUT2D eigenvalue weighted by Crippen LogP contribution is -2.19. The predicted octanol–water partition coefficient (Wildman–Crippen LogP) is 23.0. The number of nitrogens with zero attached hydrogens (tertiary/aromatic N) is 6. The number of anilines is 6. The Morgan fingerprint density at radius 2 is 0.739 bits per heavy atom. The Morgan fingerprint density at radius 1 is 0.391 bits per heavy atom. The van der Waals surface area contributed by atoms with Gasteiger partial charge in [-0.1, -0.05) is 159 Å². The maximum atomic E-state index is 13.0. The summed E-state index contributed by atoms with van der Waals surface area (Å²) in [6, 6.07) is 69.7. The van der Waals surface area contributed by atoms with Crippen molar-refractivity contribution in [2.24, 2.45) is 29.6 Å². The molecule has 15 nitrogen and oxygen atoms in total. The predicted molar refractivity (Wildman–Crippen MR) is 470 cm³/mol. The van der Waals surface area contributed by atoms with E-state index in [2.05, 4.69) is 155 Å². The Hall–Kier alpha value is -10.1. The van der Waals surface area contributed by atoms with E-state index in [9.17, 15) is 29.7 Å². The molecule has 3 fully saturated rings. The fraction of sp³-hybridized carbons (Fsp3) is 0.351. The van der Waals surface area contributed by atoms with Crippen LogP contribution in [0.5, 0.6) is 0 Å². The first-order valence-corrected chi connectivity index (χ1v) is 43.6. The van der Waals surface area contributed by atoms with Crippen LogP contribution in [0.4, 0.5) is 34.9 Å². The van der Waals surface area contributed by atoms with Gasteiger partial charge < -0.3 is 31.3 Å². The summed E-state index contributed by atoms with van der Waals surface area (Å²) in [6.45, 7) is 6.87. The van der Waals surface area contributed by atoms with Crippen LogP contribution < -0.4 is 16.0 Å². The molecule has 0 spiro atoms. The summed E-state index contributed by atoms with van der Waals surface area (Å²) in [6.07, 6.45) is 27.1. The largest absolute Gasteiger partial charge is 0.396 e. The van der Waals surface area contributed by atoms with E-state index in [1.165, 1.54) is 130 Å². The minimum absolute atomic E-state index is 0.121. The maximum Gasteiger partial charge on any atom is 0.227 e. The van der Waals surface area contributed by atoms with Crippen molar-refractivity contribution in [3.05, 3.63) is 284 Å². The second kappa shape index (κ2) is 42.0. The minimum Gasteiger partial charge on any atom is -0.396 e. The van der Waals surface area contributed by atoms with Crippen LogP contribution in [0, 0.1) is 43.4 Å². The number of hydrogen-bond donors (Lipinski definition) is 6. The summed E-state index contributed by atoms with van der Waals surface area (Å²) in [5, 5.41) is 38.3. The van der Waals surface area contributed by atoms with Crippen LogP contribution in [0.1, 0.15) is 196 Å². The maximum absolute atomic E-state index is 13.0. The Balaban J connectivity index is 0.000000150. The van der Waals surface area contributed by atoms with Crippen LogP contribution in [0.15, 0.2) is 225 Å².